The van der Waals surface area contributed by atoms with Gasteiger partial charge >= 0.3 is 0 Å². The molecule has 30 heavy (non-hydrogen) atoms. The van der Waals surface area contributed by atoms with E-state index in [0.717, 1.165) is 39.6 Å². The zero-order valence-corrected chi connectivity index (χ0v) is 17.1. The summed E-state index contributed by atoms with van der Waals surface area (Å²) in [5.74, 6) is 2.88. The second kappa shape index (κ2) is 7.16. The van der Waals surface area contributed by atoms with Crippen molar-refractivity contribution in [3.63, 3.8) is 0 Å². The Hall–Kier alpha value is -2.80. The van der Waals surface area contributed by atoms with Crippen LogP contribution in [0.3, 0.4) is 0 Å². The number of aromatic nitrogens is 3. The number of rotatable bonds is 4. The summed E-state index contributed by atoms with van der Waals surface area (Å²) in [6, 6.07) is 6.55. The van der Waals surface area contributed by atoms with Crippen LogP contribution in [0.15, 0.2) is 30.7 Å². The second-order valence-corrected chi connectivity index (χ2v) is 8.76. The van der Waals surface area contributed by atoms with Crippen LogP contribution in [0.2, 0.25) is 0 Å². The molecule has 0 radical (unpaired) electrons. The molecule has 0 atom stereocenters. The van der Waals surface area contributed by atoms with E-state index >= 15 is 0 Å². The van der Waals surface area contributed by atoms with Crippen molar-refractivity contribution in [1.82, 2.24) is 19.4 Å². The van der Waals surface area contributed by atoms with Gasteiger partial charge in [-0.1, -0.05) is 6.07 Å². The van der Waals surface area contributed by atoms with Gasteiger partial charge in [0.2, 0.25) is 0 Å². The topological polar surface area (TPSA) is 78.4 Å². The Balaban J connectivity index is 1.33. The maximum absolute atomic E-state index is 6.31. The average Bonchev–Trinajstić information content (AvgIpc) is 3.39. The summed E-state index contributed by atoms with van der Waals surface area (Å²) in [5, 5.41) is 0.928. The lowest BCUT2D eigenvalue weighted by Crippen LogP contribution is -2.35. The van der Waals surface area contributed by atoms with Gasteiger partial charge in [0, 0.05) is 24.3 Å². The molecule has 2 fully saturated rings. The van der Waals surface area contributed by atoms with Crippen molar-refractivity contribution in [2.75, 3.05) is 38.6 Å². The molecule has 2 aromatic heterocycles. The van der Waals surface area contributed by atoms with Gasteiger partial charge in [-0.3, -0.25) is 0 Å². The van der Waals surface area contributed by atoms with Crippen LogP contribution >= 0.6 is 0 Å². The van der Waals surface area contributed by atoms with Crippen molar-refractivity contribution in [3.8, 4) is 22.6 Å². The Morgan fingerprint density at radius 1 is 1.03 bits per heavy atom. The van der Waals surface area contributed by atoms with Crippen LogP contribution in [0.1, 0.15) is 31.7 Å². The molecule has 1 saturated carbocycles. The highest BCUT2D eigenvalue weighted by atomic mass is 16.6. The summed E-state index contributed by atoms with van der Waals surface area (Å²) in [5.41, 5.74) is 9.35. The first-order chi connectivity index (χ1) is 14.8. The number of anilines is 1. The van der Waals surface area contributed by atoms with E-state index < -0.39 is 0 Å². The lowest BCUT2D eigenvalue weighted by molar-refractivity contribution is 0.145. The van der Waals surface area contributed by atoms with Crippen LogP contribution in [-0.2, 0) is 0 Å². The average molecular weight is 406 g/mol. The number of nitrogens with zero attached hydrogens (tertiary/aromatic N) is 4. The molecule has 6 rings (SSSR count). The fourth-order valence-corrected chi connectivity index (χ4v) is 5.22. The van der Waals surface area contributed by atoms with Gasteiger partial charge in [-0.2, -0.15) is 0 Å². The number of ether oxygens (including phenoxy) is 2. The van der Waals surface area contributed by atoms with E-state index in [1.165, 1.54) is 45.3 Å². The van der Waals surface area contributed by atoms with E-state index in [9.17, 15) is 0 Å². The van der Waals surface area contributed by atoms with Crippen LogP contribution in [0.4, 0.5) is 5.82 Å². The van der Waals surface area contributed by atoms with Crippen molar-refractivity contribution < 1.29 is 9.47 Å². The molecule has 1 saturated heterocycles. The smallest absolute Gasteiger partial charge is 0.161 e. The highest BCUT2D eigenvalue weighted by molar-refractivity contribution is 6.01. The standard InChI is InChI=1S/C23H27N5O2/c24-22-21-18(16-3-4-19-20(11-16)30-8-7-29-19)13-28(23(21)26-14-25-22)17-9-15(10-17)12-27-5-1-2-6-27/h3-4,11,13-15,17H,1-2,5-10,12H2,(H2,24,25,26). The normalized spacial score (nSPS) is 23.6. The minimum Gasteiger partial charge on any atom is -0.486 e. The summed E-state index contributed by atoms with van der Waals surface area (Å²) < 4.78 is 13.8. The maximum Gasteiger partial charge on any atom is 0.161 e. The lowest BCUT2D eigenvalue weighted by atomic mass is 9.79. The molecule has 7 heteroatoms. The molecule has 2 aliphatic heterocycles. The largest absolute Gasteiger partial charge is 0.486 e. The van der Waals surface area contributed by atoms with Gasteiger partial charge in [0.05, 0.1) is 5.39 Å². The number of hydrogen-bond acceptors (Lipinski definition) is 6. The fourth-order valence-electron chi connectivity index (χ4n) is 5.22. The van der Waals surface area contributed by atoms with Crippen molar-refractivity contribution >= 4 is 16.9 Å². The molecule has 7 nitrogen and oxygen atoms in total. The van der Waals surface area contributed by atoms with Crippen molar-refractivity contribution in [3.05, 3.63) is 30.7 Å². The molecule has 1 aliphatic carbocycles. The molecule has 3 aliphatic rings. The predicted octanol–water partition coefficient (Wildman–Crippen LogP) is 3.50. The molecular formula is C23H27N5O2. The number of benzene rings is 1. The minimum absolute atomic E-state index is 0.473. The molecule has 0 unspecified atom stereocenters. The molecule has 0 bridgehead atoms. The van der Waals surface area contributed by atoms with Crippen LogP contribution in [0.5, 0.6) is 11.5 Å². The van der Waals surface area contributed by atoms with Crippen molar-refractivity contribution in [1.29, 1.82) is 0 Å². The van der Waals surface area contributed by atoms with E-state index in [1.54, 1.807) is 6.33 Å². The van der Waals surface area contributed by atoms with Gasteiger partial charge in [-0.25, -0.2) is 9.97 Å². The second-order valence-electron chi connectivity index (χ2n) is 8.76. The highest BCUT2D eigenvalue weighted by Gasteiger charge is 2.34. The molecule has 156 valence electrons. The van der Waals surface area contributed by atoms with Crippen molar-refractivity contribution in [2.45, 2.75) is 31.7 Å². The molecular weight excluding hydrogens is 378 g/mol. The minimum atomic E-state index is 0.473. The first-order valence-corrected chi connectivity index (χ1v) is 11.0. The van der Waals surface area contributed by atoms with Gasteiger partial charge in [0.15, 0.2) is 11.5 Å². The summed E-state index contributed by atoms with van der Waals surface area (Å²) in [4.78, 5) is 11.5. The van der Waals surface area contributed by atoms with Crippen LogP contribution in [0, 0.1) is 5.92 Å². The summed E-state index contributed by atoms with van der Waals surface area (Å²) in [7, 11) is 0. The van der Waals surface area contributed by atoms with Gasteiger partial charge in [-0.15, -0.1) is 0 Å². The highest BCUT2D eigenvalue weighted by Crippen LogP contribution is 2.44. The monoisotopic (exact) mass is 405 g/mol. The Bertz CT molecular complexity index is 1080. The SMILES string of the molecule is Nc1ncnc2c1c(-c1ccc3c(c1)OCCO3)cn2C1CC(CN2CCCC2)C1. The third kappa shape index (κ3) is 2.99. The Labute approximate surface area is 175 Å². The van der Waals surface area contributed by atoms with Gasteiger partial charge in [0.25, 0.3) is 0 Å². The number of nitrogen functional groups attached to an aromatic ring is 1. The molecule has 4 heterocycles. The quantitative estimate of drug-likeness (QED) is 0.716. The number of hydrogen-bond donors (Lipinski definition) is 1. The van der Waals surface area contributed by atoms with Crippen LogP contribution in [0.25, 0.3) is 22.2 Å². The summed E-state index contributed by atoms with van der Waals surface area (Å²) >= 11 is 0. The summed E-state index contributed by atoms with van der Waals surface area (Å²) in [6.07, 6.45) is 8.89. The van der Waals surface area contributed by atoms with E-state index in [0.29, 0.717) is 25.1 Å². The molecule has 0 spiro atoms. The predicted molar refractivity (Wildman–Crippen MR) is 116 cm³/mol. The van der Waals surface area contributed by atoms with E-state index in [4.69, 9.17) is 15.2 Å². The summed E-state index contributed by atoms with van der Waals surface area (Å²) in [6.45, 7) is 4.94. The first kappa shape index (κ1) is 18.0. The third-order valence-corrected chi connectivity index (χ3v) is 6.81. The first-order valence-electron chi connectivity index (χ1n) is 11.0. The number of likely N-dealkylation sites (tertiary alicyclic amines) is 1. The van der Waals surface area contributed by atoms with Crippen LogP contribution < -0.4 is 15.2 Å². The third-order valence-electron chi connectivity index (χ3n) is 6.81. The van der Waals surface area contributed by atoms with Crippen molar-refractivity contribution in [2.24, 2.45) is 5.92 Å². The Morgan fingerprint density at radius 2 is 1.83 bits per heavy atom. The molecule has 1 aromatic carbocycles. The maximum atomic E-state index is 6.31. The molecule has 3 aromatic rings. The van der Waals surface area contributed by atoms with E-state index in [1.807, 2.05) is 12.1 Å². The van der Waals surface area contributed by atoms with E-state index in [2.05, 4.69) is 31.7 Å². The number of fused-ring (bicyclic) bond motifs is 2. The van der Waals surface area contributed by atoms with Gasteiger partial charge < -0.3 is 24.7 Å². The fraction of sp³-hybridized carbons (Fsp3) is 0.478. The van der Waals surface area contributed by atoms with Gasteiger partial charge in [-0.05, 0) is 62.4 Å². The number of nitrogens with two attached hydrogens (primary N) is 1. The zero-order valence-electron chi connectivity index (χ0n) is 17.1. The molecule has 2 N–H and O–H groups in total. The van der Waals surface area contributed by atoms with E-state index in [-0.39, 0.29) is 0 Å². The van der Waals surface area contributed by atoms with Gasteiger partial charge in [0.1, 0.15) is 31.0 Å². The Kier molecular flexibility index (Phi) is 4.30. The molecule has 0 amide bonds. The lowest BCUT2D eigenvalue weighted by Gasteiger charge is -2.38. The van der Waals surface area contributed by atoms with Crippen LogP contribution in [-0.4, -0.2) is 52.3 Å². The zero-order chi connectivity index (χ0) is 20.1. The Morgan fingerprint density at radius 3 is 2.67 bits per heavy atom.